The number of allylic oxidation sites excluding steroid dienone is 1. The van der Waals surface area contributed by atoms with Gasteiger partial charge >= 0.3 is 19.8 Å². The van der Waals surface area contributed by atoms with Gasteiger partial charge in [-0.1, -0.05) is 233 Å². The van der Waals surface area contributed by atoms with E-state index < -0.39 is 26.0 Å². The Kier molecular flexibility index (Phi) is 30.2. The van der Waals surface area contributed by atoms with Crippen LogP contribution in [-0.2, 0) is 32.7 Å². The second kappa shape index (κ2) is 34.5. The van der Waals surface area contributed by atoms with Crippen molar-refractivity contribution in [2.45, 2.75) is 311 Å². The Labute approximate surface area is 437 Å². The Bertz CT molecular complexity index is 1530. The molecule has 4 aliphatic carbocycles. The van der Waals surface area contributed by atoms with E-state index in [9.17, 15) is 19.0 Å². The average molecular weight is 1020 g/mol. The fourth-order valence-corrected chi connectivity index (χ4v) is 15.3. The van der Waals surface area contributed by atoms with Gasteiger partial charge in [0.1, 0.15) is 6.61 Å². The van der Waals surface area contributed by atoms with Gasteiger partial charge in [0.2, 0.25) is 0 Å². The summed E-state index contributed by atoms with van der Waals surface area (Å²) in [7, 11) is -4.51. The number of ether oxygens (including phenoxy) is 2. The Morgan fingerprint density at radius 1 is 0.634 bits per heavy atom. The van der Waals surface area contributed by atoms with Crippen molar-refractivity contribution in [3.63, 3.8) is 0 Å². The maximum absolute atomic E-state index is 13.6. The van der Waals surface area contributed by atoms with E-state index >= 15 is 0 Å². The molecule has 0 bridgehead atoms. The first-order valence-electron chi connectivity index (χ1n) is 30.9. The highest BCUT2D eigenvalue weighted by molar-refractivity contribution is 7.47. The van der Waals surface area contributed by atoms with E-state index in [0.717, 1.165) is 75.0 Å². The molecule has 3 fully saturated rings. The number of esters is 2. The van der Waals surface area contributed by atoms with Crippen LogP contribution in [0.4, 0.5) is 0 Å². The van der Waals surface area contributed by atoms with Crippen LogP contribution in [0.1, 0.15) is 299 Å². The summed E-state index contributed by atoms with van der Waals surface area (Å²) in [6.07, 6.45) is 46.3. The number of rotatable bonds is 41. The second-order valence-electron chi connectivity index (χ2n) is 24.8. The predicted octanol–water partition coefficient (Wildman–Crippen LogP) is 18.9. The van der Waals surface area contributed by atoms with E-state index in [2.05, 4.69) is 54.5 Å². The molecule has 0 aliphatic heterocycles. The van der Waals surface area contributed by atoms with Gasteiger partial charge in [-0.15, -0.1) is 0 Å². The van der Waals surface area contributed by atoms with Crippen molar-refractivity contribution in [1.29, 1.82) is 0 Å². The average Bonchev–Trinajstić information content (AvgIpc) is 3.70. The molecule has 0 aromatic rings. The van der Waals surface area contributed by atoms with Crippen molar-refractivity contribution in [3.8, 4) is 0 Å². The van der Waals surface area contributed by atoms with Crippen LogP contribution >= 0.6 is 7.82 Å². The fourth-order valence-electron chi connectivity index (χ4n) is 14.3. The van der Waals surface area contributed by atoms with Gasteiger partial charge in [0.15, 0.2) is 6.10 Å². The molecule has 8 nitrogen and oxygen atoms in total. The molecule has 414 valence electrons. The largest absolute Gasteiger partial charge is 0.472 e. The summed E-state index contributed by atoms with van der Waals surface area (Å²) in [4.78, 5) is 37.1. The summed E-state index contributed by atoms with van der Waals surface area (Å²) in [5.41, 5.74) is 1.92. The lowest BCUT2D eigenvalue weighted by Crippen LogP contribution is -2.51. The fraction of sp³-hybridized carbons (Fsp3) is 0.935. The molecule has 0 heterocycles. The third-order valence-corrected chi connectivity index (χ3v) is 19.7. The molecule has 3 saturated carbocycles. The molecule has 0 amide bonds. The van der Waals surface area contributed by atoms with E-state index in [1.165, 1.54) is 179 Å². The number of unbranched alkanes of at least 4 members (excludes halogenated alkanes) is 24. The number of hydrogen-bond acceptors (Lipinski definition) is 7. The Morgan fingerprint density at radius 3 is 1.69 bits per heavy atom. The van der Waals surface area contributed by atoms with Gasteiger partial charge in [0.25, 0.3) is 0 Å². The monoisotopic (exact) mass is 1020 g/mol. The number of hydrogen-bond donors (Lipinski definition) is 1. The Balaban J connectivity index is 1.21. The molecule has 0 spiro atoms. The zero-order chi connectivity index (χ0) is 51.4. The van der Waals surface area contributed by atoms with Crippen LogP contribution < -0.4 is 0 Å². The van der Waals surface area contributed by atoms with Crippen molar-refractivity contribution in [2.75, 3.05) is 13.2 Å². The summed E-state index contributed by atoms with van der Waals surface area (Å²) in [5.74, 6) is 3.81. The first-order valence-corrected chi connectivity index (χ1v) is 32.4. The predicted molar refractivity (Wildman–Crippen MR) is 295 cm³/mol. The molecule has 0 aromatic carbocycles. The van der Waals surface area contributed by atoms with E-state index in [1.807, 2.05) is 0 Å². The van der Waals surface area contributed by atoms with Crippen molar-refractivity contribution >= 4 is 19.8 Å². The number of fused-ring (bicyclic) bond motifs is 5. The van der Waals surface area contributed by atoms with Crippen molar-refractivity contribution < 1.29 is 37.6 Å². The topological polar surface area (TPSA) is 108 Å². The standard InChI is InChI=1S/C62H113O8P/c1-8-10-12-14-16-18-20-22-24-26-28-30-32-37-59(63)67-48-54(69-60(64)38-33-31-29-27-25-23-21-19-17-15-13-11-9-2)49-68-71(65,66)70-53-43-45-61(6)52(47-53)39-40-55-57-42-41-56(51(5)36-34-35-50(3)4)62(57,7)46-44-58(55)61/h39,50-51,53-58H,8-38,40-49H2,1-7H3,(H,65,66)/t51-,53+,54-,55+,56-,57+,58+,61+,62-/m1/s1. The molecule has 1 unspecified atom stereocenters. The van der Waals surface area contributed by atoms with Crippen molar-refractivity contribution in [2.24, 2.45) is 46.3 Å². The van der Waals surface area contributed by atoms with Crippen LogP contribution in [0.3, 0.4) is 0 Å². The summed E-state index contributed by atoms with van der Waals surface area (Å²) >= 11 is 0. The molecule has 0 saturated heterocycles. The number of phosphoric acid groups is 1. The molecule has 0 aromatic heterocycles. The summed E-state index contributed by atoms with van der Waals surface area (Å²) < 4.78 is 36.6. The molecular weight excluding hydrogens is 904 g/mol. The van der Waals surface area contributed by atoms with Gasteiger partial charge in [-0.25, -0.2) is 4.57 Å². The van der Waals surface area contributed by atoms with E-state index in [4.69, 9.17) is 18.5 Å². The molecular formula is C62H113O8P. The Morgan fingerprint density at radius 2 is 1.15 bits per heavy atom. The van der Waals surface area contributed by atoms with Gasteiger partial charge in [-0.3, -0.25) is 18.6 Å². The number of carbonyl (C=O) groups is 2. The highest BCUT2D eigenvalue weighted by Gasteiger charge is 2.59. The van der Waals surface area contributed by atoms with Crippen LogP contribution in [0, 0.1) is 46.3 Å². The smallest absolute Gasteiger partial charge is 0.462 e. The Hall–Kier alpha value is -1.21. The lowest BCUT2D eigenvalue weighted by atomic mass is 9.47. The normalized spacial score (nSPS) is 26.8. The maximum Gasteiger partial charge on any atom is 0.472 e. The first-order chi connectivity index (χ1) is 34.2. The molecule has 1 N–H and O–H groups in total. The molecule has 4 rings (SSSR count). The third kappa shape index (κ3) is 22.5. The van der Waals surface area contributed by atoms with Crippen LogP contribution in [0.15, 0.2) is 11.6 Å². The minimum absolute atomic E-state index is 0.0920. The molecule has 0 radical (unpaired) electrons. The van der Waals surface area contributed by atoms with Crippen molar-refractivity contribution in [3.05, 3.63) is 11.6 Å². The van der Waals surface area contributed by atoms with Crippen LogP contribution in [-0.4, -0.2) is 42.3 Å². The molecule has 9 heteroatoms. The van der Waals surface area contributed by atoms with Crippen molar-refractivity contribution in [1.82, 2.24) is 0 Å². The van der Waals surface area contributed by atoms with Gasteiger partial charge in [0, 0.05) is 12.8 Å². The molecule has 10 atom stereocenters. The van der Waals surface area contributed by atoms with Gasteiger partial charge in [-0.2, -0.15) is 0 Å². The highest BCUT2D eigenvalue weighted by atomic mass is 31.2. The third-order valence-electron chi connectivity index (χ3n) is 18.7. The van der Waals surface area contributed by atoms with Gasteiger partial charge in [-0.05, 0) is 111 Å². The molecule has 71 heavy (non-hydrogen) atoms. The SMILES string of the molecule is CCCCCCCCCCCCCCCC(=O)OC[C@H](COP(=O)(O)O[C@H]1CC[C@@]2(C)C(=CC[C@H]3[C@@H]4CC[C@H]([C@H](C)CCCC(C)C)[C@@]4(C)CC[C@@H]32)C1)OC(=O)CCCCCCCCCCCCCCC. The lowest BCUT2D eigenvalue weighted by Gasteiger charge is -2.58. The van der Waals surface area contributed by atoms with Gasteiger partial charge < -0.3 is 14.4 Å². The zero-order valence-electron chi connectivity index (χ0n) is 47.4. The summed E-state index contributed by atoms with van der Waals surface area (Å²) in [5, 5.41) is 0. The zero-order valence-corrected chi connectivity index (χ0v) is 48.3. The minimum atomic E-state index is -4.51. The second-order valence-corrected chi connectivity index (χ2v) is 26.2. The first kappa shape index (κ1) is 62.3. The summed E-state index contributed by atoms with van der Waals surface area (Å²) in [6, 6.07) is 0. The number of phosphoric ester groups is 1. The van der Waals surface area contributed by atoms with E-state index in [-0.39, 0.29) is 31.0 Å². The maximum atomic E-state index is 13.6. The van der Waals surface area contributed by atoms with Gasteiger partial charge in [0.05, 0.1) is 12.7 Å². The highest BCUT2D eigenvalue weighted by Crippen LogP contribution is 2.68. The lowest BCUT2D eigenvalue weighted by molar-refractivity contribution is -0.161. The van der Waals surface area contributed by atoms with Crippen LogP contribution in [0.5, 0.6) is 0 Å². The summed E-state index contributed by atoms with van der Waals surface area (Å²) in [6.45, 7) is 16.3. The van der Waals surface area contributed by atoms with Crippen LogP contribution in [0.2, 0.25) is 0 Å². The number of carbonyl (C=O) groups excluding carboxylic acids is 2. The van der Waals surface area contributed by atoms with E-state index in [1.54, 1.807) is 0 Å². The molecule has 4 aliphatic rings. The quantitative estimate of drug-likeness (QED) is 0.0279. The van der Waals surface area contributed by atoms with Crippen LogP contribution in [0.25, 0.3) is 0 Å². The minimum Gasteiger partial charge on any atom is -0.462 e. The van der Waals surface area contributed by atoms with E-state index in [0.29, 0.717) is 36.5 Å².